The van der Waals surface area contributed by atoms with Gasteiger partial charge in [0.2, 0.25) is 5.95 Å². The standard InChI is InChI=1S/C23H24ClFN4O/c1-28-21(23(11-12-23)16-5-3-2-4-6-16)26-27-22(28)29-13-9-18(10-14-29)30-20-8-7-17(25)15-19(20)24/h2-8,15,18H,9-14H2,1H3. The maximum absolute atomic E-state index is 13.2. The topological polar surface area (TPSA) is 43.2 Å². The fraction of sp³-hybridized carbons (Fsp3) is 0.391. The minimum Gasteiger partial charge on any atom is -0.489 e. The van der Waals surface area contributed by atoms with Crippen LogP contribution in [-0.4, -0.2) is 34.0 Å². The molecule has 3 aromatic rings. The van der Waals surface area contributed by atoms with Gasteiger partial charge in [0.15, 0.2) is 0 Å². The smallest absolute Gasteiger partial charge is 0.226 e. The molecule has 1 saturated heterocycles. The highest BCUT2D eigenvalue weighted by Crippen LogP contribution is 2.53. The van der Waals surface area contributed by atoms with Crippen LogP contribution in [0.25, 0.3) is 0 Å². The zero-order chi connectivity index (χ0) is 20.7. The first kappa shape index (κ1) is 19.4. The third-order valence-corrected chi connectivity index (χ3v) is 6.56. The summed E-state index contributed by atoms with van der Waals surface area (Å²) in [6.07, 6.45) is 3.96. The number of benzene rings is 2. The van der Waals surface area contributed by atoms with Gasteiger partial charge < -0.3 is 9.64 Å². The summed E-state index contributed by atoms with van der Waals surface area (Å²) in [5.74, 6) is 2.13. The maximum Gasteiger partial charge on any atom is 0.226 e. The van der Waals surface area contributed by atoms with E-state index in [0.717, 1.165) is 50.5 Å². The molecule has 2 fully saturated rings. The second-order valence-corrected chi connectivity index (χ2v) is 8.62. The van der Waals surface area contributed by atoms with Crippen molar-refractivity contribution in [2.45, 2.75) is 37.2 Å². The van der Waals surface area contributed by atoms with Crippen LogP contribution in [-0.2, 0) is 12.5 Å². The van der Waals surface area contributed by atoms with Crippen LogP contribution in [0.5, 0.6) is 5.75 Å². The minimum atomic E-state index is -0.357. The molecule has 2 heterocycles. The van der Waals surface area contributed by atoms with Crippen LogP contribution >= 0.6 is 11.6 Å². The summed E-state index contributed by atoms with van der Waals surface area (Å²) in [5, 5.41) is 9.45. The van der Waals surface area contributed by atoms with Crippen molar-refractivity contribution in [3.63, 3.8) is 0 Å². The average molecular weight is 427 g/mol. The number of halogens is 2. The fourth-order valence-corrected chi connectivity index (χ4v) is 4.67. The average Bonchev–Trinajstić information content (AvgIpc) is 3.48. The number of rotatable bonds is 5. The third kappa shape index (κ3) is 3.43. The number of aromatic nitrogens is 3. The van der Waals surface area contributed by atoms with E-state index in [0.29, 0.717) is 10.8 Å². The highest BCUT2D eigenvalue weighted by atomic mass is 35.5. The van der Waals surface area contributed by atoms with E-state index in [4.69, 9.17) is 16.3 Å². The van der Waals surface area contributed by atoms with Crippen molar-refractivity contribution in [3.8, 4) is 5.75 Å². The Morgan fingerprint density at radius 3 is 2.47 bits per heavy atom. The lowest BCUT2D eigenvalue weighted by atomic mass is 9.95. The molecule has 5 rings (SSSR count). The number of anilines is 1. The van der Waals surface area contributed by atoms with Crippen molar-refractivity contribution in [2.24, 2.45) is 7.05 Å². The molecule has 156 valence electrons. The number of piperidine rings is 1. The molecule has 0 radical (unpaired) electrons. The van der Waals surface area contributed by atoms with Crippen molar-refractivity contribution in [2.75, 3.05) is 18.0 Å². The normalized spacial score (nSPS) is 18.4. The van der Waals surface area contributed by atoms with Crippen molar-refractivity contribution in [3.05, 3.63) is 70.8 Å². The number of ether oxygens (including phenoxy) is 1. The lowest BCUT2D eigenvalue weighted by Crippen LogP contribution is -2.39. The largest absolute Gasteiger partial charge is 0.489 e. The van der Waals surface area contributed by atoms with Gasteiger partial charge >= 0.3 is 0 Å². The van der Waals surface area contributed by atoms with E-state index in [2.05, 4.69) is 51.0 Å². The molecule has 2 aliphatic rings. The van der Waals surface area contributed by atoms with Gasteiger partial charge in [-0.1, -0.05) is 41.9 Å². The van der Waals surface area contributed by atoms with E-state index in [1.165, 1.54) is 17.7 Å². The zero-order valence-corrected chi connectivity index (χ0v) is 17.6. The van der Waals surface area contributed by atoms with E-state index in [1.54, 1.807) is 6.07 Å². The van der Waals surface area contributed by atoms with E-state index in [-0.39, 0.29) is 17.3 Å². The molecule has 1 aliphatic carbocycles. The van der Waals surface area contributed by atoms with Crippen LogP contribution in [0.1, 0.15) is 37.1 Å². The molecular weight excluding hydrogens is 403 g/mol. The van der Waals surface area contributed by atoms with Gasteiger partial charge in [-0.25, -0.2) is 4.39 Å². The number of hydrogen-bond acceptors (Lipinski definition) is 4. The molecule has 0 amide bonds. The summed E-state index contributed by atoms with van der Waals surface area (Å²) < 4.78 is 21.4. The van der Waals surface area contributed by atoms with Crippen LogP contribution in [0, 0.1) is 5.82 Å². The lowest BCUT2D eigenvalue weighted by Gasteiger charge is -2.32. The summed E-state index contributed by atoms with van der Waals surface area (Å²) in [6.45, 7) is 1.65. The fourth-order valence-electron chi connectivity index (χ4n) is 4.46. The van der Waals surface area contributed by atoms with Crippen LogP contribution in [0.3, 0.4) is 0 Å². The molecule has 0 N–H and O–H groups in total. The van der Waals surface area contributed by atoms with Crippen molar-refractivity contribution in [1.29, 1.82) is 0 Å². The Morgan fingerprint density at radius 1 is 1.07 bits per heavy atom. The molecule has 30 heavy (non-hydrogen) atoms. The van der Waals surface area contributed by atoms with Crippen LogP contribution in [0.4, 0.5) is 10.3 Å². The van der Waals surface area contributed by atoms with Crippen LogP contribution in [0.2, 0.25) is 5.02 Å². The van der Waals surface area contributed by atoms with Crippen molar-refractivity contribution < 1.29 is 9.13 Å². The summed E-state index contributed by atoms with van der Waals surface area (Å²) in [4.78, 5) is 2.27. The lowest BCUT2D eigenvalue weighted by molar-refractivity contribution is 0.170. The van der Waals surface area contributed by atoms with Gasteiger partial charge in [0.1, 0.15) is 23.5 Å². The van der Waals surface area contributed by atoms with Gasteiger partial charge in [0, 0.05) is 33.0 Å². The second kappa shape index (κ2) is 7.58. The SMILES string of the molecule is Cn1c(N2CCC(Oc3ccc(F)cc3Cl)CC2)nnc1C1(c2ccccc2)CC1. The molecule has 0 bridgehead atoms. The zero-order valence-electron chi connectivity index (χ0n) is 16.9. The van der Waals surface area contributed by atoms with Crippen LogP contribution in [0.15, 0.2) is 48.5 Å². The first-order chi connectivity index (χ1) is 14.6. The quantitative estimate of drug-likeness (QED) is 0.591. The highest BCUT2D eigenvalue weighted by molar-refractivity contribution is 6.32. The molecule has 1 saturated carbocycles. The molecule has 1 aromatic heterocycles. The Labute approximate surface area is 180 Å². The number of nitrogens with zero attached hydrogens (tertiary/aromatic N) is 4. The van der Waals surface area contributed by atoms with Gasteiger partial charge in [0.25, 0.3) is 0 Å². The predicted molar refractivity (Wildman–Crippen MR) is 115 cm³/mol. The molecule has 0 atom stereocenters. The first-order valence-electron chi connectivity index (χ1n) is 10.4. The van der Waals surface area contributed by atoms with Crippen molar-refractivity contribution >= 4 is 17.5 Å². The van der Waals surface area contributed by atoms with Gasteiger partial charge in [0.05, 0.1) is 10.4 Å². The molecule has 5 nitrogen and oxygen atoms in total. The Morgan fingerprint density at radius 2 is 1.80 bits per heavy atom. The monoisotopic (exact) mass is 426 g/mol. The first-order valence-corrected chi connectivity index (χ1v) is 10.8. The third-order valence-electron chi connectivity index (χ3n) is 6.27. The van der Waals surface area contributed by atoms with E-state index >= 15 is 0 Å². The molecule has 0 unspecified atom stereocenters. The van der Waals surface area contributed by atoms with Gasteiger partial charge in [-0.15, -0.1) is 10.2 Å². The van der Waals surface area contributed by atoms with E-state index < -0.39 is 0 Å². The Kier molecular flexibility index (Phi) is 4.89. The van der Waals surface area contributed by atoms with E-state index in [9.17, 15) is 4.39 Å². The molecule has 7 heteroatoms. The van der Waals surface area contributed by atoms with Gasteiger partial charge in [-0.2, -0.15) is 0 Å². The van der Waals surface area contributed by atoms with Crippen LogP contribution < -0.4 is 9.64 Å². The van der Waals surface area contributed by atoms with Gasteiger partial charge in [-0.05, 0) is 36.6 Å². The number of hydrogen-bond donors (Lipinski definition) is 0. The summed E-state index contributed by atoms with van der Waals surface area (Å²) >= 11 is 6.10. The second-order valence-electron chi connectivity index (χ2n) is 8.21. The molecular formula is C23H24ClFN4O. The maximum atomic E-state index is 13.2. The molecule has 2 aromatic carbocycles. The molecule has 1 aliphatic heterocycles. The molecule has 0 spiro atoms. The summed E-state index contributed by atoms with van der Waals surface area (Å²) in [5.41, 5.74) is 1.32. The van der Waals surface area contributed by atoms with E-state index in [1.807, 2.05) is 6.07 Å². The summed E-state index contributed by atoms with van der Waals surface area (Å²) in [6, 6.07) is 14.8. The Hall–Kier alpha value is -2.60. The summed E-state index contributed by atoms with van der Waals surface area (Å²) in [7, 11) is 2.06. The predicted octanol–water partition coefficient (Wildman–Crippen LogP) is 4.74. The minimum absolute atomic E-state index is 0.00201. The highest BCUT2D eigenvalue weighted by Gasteiger charge is 2.50. The Balaban J connectivity index is 1.27. The Bertz CT molecular complexity index is 1040. The van der Waals surface area contributed by atoms with Crippen molar-refractivity contribution in [1.82, 2.24) is 14.8 Å². The van der Waals surface area contributed by atoms with Gasteiger partial charge in [-0.3, -0.25) is 4.57 Å².